The van der Waals surface area contributed by atoms with Crippen LogP contribution in [0.2, 0.25) is 0 Å². The zero-order valence-electron chi connectivity index (χ0n) is 6.68. The van der Waals surface area contributed by atoms with Gasteiger partial charge in [-0.1, -0.05) is 6.92 Å². The number of hydrogen-bond acceptors (Lipinski definition) is 2. The first kappa shape index (κ1) is 7.45. The minimum atomic E-state index is 0.634. The van der Waals surface area contributed by atoms with Crippen molar-refractivity contribution in [3.8, 4) is 0 Å². The molecule has 0 radical (unpaired) electrons. The molecule has 0 unspecified atom stereocenters. The predicted molar refractivity (Wildman–Crippen MR) is 41.2 cm³/mol. The van der Waals surface area contributed by atoms with Gasteiger partial charge in [-0.15, -0.1) is 0 Å². The van der Waals surface area contributed by atoms with Gasteiger partial charge in [-0.2, -0.15) is 0 Å². The van der Waals surface area contributed by atoms with E-state index in [-0.39, 0.29) is 0 Å². The number of nitrogens with two attached hydrogens (primary N) is 1. The highest BCUT2D eigenvalue weighted by molar-refractivity contribution is 5.12. The Hall–Kier alpha value is -0.660. The Balaban J connectivity index is 2.58. The van der Waals surface area contributed by atoms with Crippen molar-refractivity contribution in [2.45, 2.75) is 26.2 Å². The molecule has 0 aromatic carbocycles. The van der Waals surface area contributed by atoms with E-state index in [1.54, 1.807) is 7.11 Å². The van der Waals surface area contributed by atoms with E-state index in [2.05, 4.69) is 6.92 Å². The van der Waals surface area contributed by atoms with E-state index in [0.29, 0.717) is 5.92 Å². The summed E-state index contributed by atoms with van der Waals surface area (Å²) in [5.41, 5.74) is 6.78. The molecule has 0 heterocycles. The zero-order chi connectivity index (χ0) is 7.56. The molecule has 1 rings (SSSR count). The highest BCUT2D eigenvalue weighted by Gasteiger charge is 2.26. The molecule has 0 spiro atoms. The minimum absolute atomic E-state index is 0.634. The standard InChI is InChI=1S/C8H15NO/c1-3-7(10-2)8(9)6-4-5-6/h6H,3-5,9H2,1-2H3/b8-7+. The number of allylic oxidation sites excluding steroid dienone is 2. The van der Waals surface area contributed by atoms with E-state index in [9.17, 15) is 0 Å². The number of methoxy groups -OCH3 is 1. The van der Waals surface area contributed by atoms with E-state index in [1.165, 1.54) is 12.8 Å². The third-order valence-corrected chi connectivity index (χ3v) is 1.91. The molecule has 1 aliphatic rings. The van der Waals surface area contributed by atoms with Crippen molar-refractivity contribution in [3.63, 3.8) is 0 Å². The van der Waals surface area contributed by atoms with Gasteiger partial charge in [0, 0.05) is 18.0 Å². The van der Waals surface area contributed by atoms with Gasteiger partial charge in [0.15, 0.2) is 0 Å². The Morgan fingerprint density at radius 2 is 2.20 bits per heavy atom. The van der Waals surface area contributed by atoms with Crippen LogP contribution < -0.4 is 5.73 Å². The van der Waals surface area contributed by atoms with Crippen LogP contribution in [0.1, 0.15) is 26.2 Å². The molecule has 2 nitrogen and oxygen atoms in total. The van der Waals surface area contributed by atoms with Gasteiger partial charge < -0.3 is 10.5 Å². The van der Waals surface area contributed by atoms with Crippen molar-refractivity contribution < 1.29 is 4.74 Å². The zero-order valence-corrected chi connectivity index (χ0v) is 6.68. The molecule has 0 amide bonds. The summed E-state index contributed by atoms with van der Waals surface area (Å²) in [7, 11) is 1.69. The molecule has 10 heavy (non-hydrogen) atoms. The second-order valence-electron chi connectivity index (χ2n) is 2.71. The van der Waals surface area contributed by atoms with Gasteiger partial charge in [-0.25, -0.2) is 0 Å². The van der Waals surface area contributed by atoms with E-state index in [1.807, 2.05) is 0 Å². The maximum absolute atomic E-state index is 5.80. The lowest BCUT2D eigenvalue weighted by Gasteiger charge is -2.06. The molecule has 58 valence electrons. The van der Waals surface area contributed by atoms with Gasteiger partial charge in [0.1, 0.15) is 5.76 Å². The molecule has 0 atom stereocenters. The molecule has 0 aromatic heterocycles. The van der Waals surface area contributed by atoms with Gasteiger partial charge >= 0.3 is 0 Å². The van der Waals surface area contributed by atoms with Crippen molar-refractivity contribution in [1.29, 1.82) is 0 Å². The second-order valence-corrected chi connectivity index (χ2v) is 2.71. The van der Waals surface area contributed by atoms with Crippen molar-refractivity contribution in [2.24, 2.45) is 11.7 Å². The van der Waals surface area contributed by atoms with E-state index >= 15 is 0 Å². The van der Waals surface area contributed by atoms with Crippen LogP contribution >= 0.6 is 0 Å². The van der Waals surface area contributed by atoms with E-state index in [4.69, 9.17) is 10.5 Å². The van der Waals surface area contributed by atoms with E-state index < -0.39 is 0 Å². The van der Waals surface area contributed by atoms with Crippen LogP contribution in [0.3, 0.4) is 0 Å². The van der Waals surface area contributed by atoms with Crippen LogP contribution in [0.4, 0.5) is 0 Å². The van der Waals surface area contributed by atoms with Crippen molar-refractivity contribution >= 4 is 0 Å². The molecule has 0 aliphatic heterocycles. The lowest BCUT2D eigenvalue weighted by atomic mass is 10.2. The molecule has 1 aliphatic carbocycles. The van der Waals surface area contributed by atoms with Crippen LogP contribution in [0.25, 0.3) is 0 Å². The Morgan fingerprint density at radius 1 is 1.60 bits per heavy atom. The molecule has 0 bridgehead atoms. The van der Waals surface area contributed by atoms with Crippen LogP contribution in [-0.2, 0) is 4.74 Å². The molecule has 1 fully saturated rings. The van der Waals surface area contributed by atoms with Gasteiger partial charge in [0.25, 0.3) is 0 Å². The third-order valence-electron chi connectivity index (χ3n) is 1.91. The fourth-order valence-corrected chi connectivity index (χ4v) is 1.09. The van der Waals surface area contributed by atoms with Crippen molar-refractivity contribution in [1.82, 2.24) is 0 Å². The van der Waals surface area contributed by atoms with Crippen molar-refractivity contribution in [3.05, 3.63) is 11.5 Å². The normalized spacial score (nSPS) is 20.2. The number of ether oxygens (including phenoxy) is 1. The van der Waals surface area contributed by atoms with Gasteiger partial charge in [0.2, 0.25) is 0 Å². The summed E-state index contributed by atoms with van der Waals surface area (Å²) in [5.74, 6) is 1.61. The summed E-state index contributed by atoms with van der Waals surface area (Å²) in [6.45, 7) is 2.06. The third kappa shape index (κ3) is 1.43. The monoisotopic (exact) mass is 141 g/mol. The average molecular weight is 141 g/mol. The fourth-order valence-electron chi connectivity index (χ4n) is 1.09. The summed E-state index contributed by atoms with van der Waals surface area (Å²) >= 11 is 0. The predicted octanol–water partition coefficient (Wildman–Crippen LogP) is 1.62. The molecule has 2 N–H and O–H groups in total. The maximum Gasteiger partial charge on any atom is 0.114 e. The first-order valence-electron chi connectivity index (χ1n) is 3.82. The lowest BCUT2D eigenvalue weighted by molar-refractivity contribution is 0.273. The summed E-state index contributed by atoms with van der Waals surface area (Å²) in [6.07, 6.45) is 3.41. The molecular formula is C8H15NO. The summed E-state index contributed by atoms with van der Waals surface area (Å²) < 4.78 is 5.12. The Bertz CT molecular complexity index is 141. The Kier molecular flexibility index (Phi) is 2.20. The Labute approximate surface area is 62.1 Å². The minimum Gasteiger partial charge on any atom is -0.499 e. The van der Waals surface area contributed by atoms with Crippen LogP contribution in [0.15, 0.2) is 11.5 Å². The van der Waals surface area contributed by atoms with E-state index in [0.717, 1.165) is 17.9 Å². The fraction of sp³-hybridized carbons (Fsp3) is 0.750. The largest absolute Gasteiger partial charge is 0.499 e. The highest BCUT2D eigenvalue weighted by atomic mass is 16.5. The van der Waals surface area contributed by atoms with Crippen LogP contribution in [-0.4, -0.2) is 7.11 Å². The summed E-state index contributed by atoms with van der Waals surface area (Å²) in [6, 6.07) is 0. The van der Waals surface area contributed by atoms with Gasteiger partial charge in [0.05, 0.1) is 7.11 Å². The first-order valence-corrected chi connectivity index (χ1v) is 3.82. The maximum atomic E-state index is 5.80. The van der Waals surface area contributed by atoms with Crippen LogP contribution in [0.5, 0.6) is 0 Å². The van der Waals surface area contributed by atoms with Crippen molar-refractivity contribution in [2.75, 3.05) is 7.11 Å². The Morgan fingerprint density at radius 3 is 2.50 bits per heavy atom. The second kappa shape index (κ2) is 2.95. The lowest BCUT2D eigenvalue weighted by Crippen LogP contribution is -2.05. The number of hydrogen-bond donors (Lipinski definition) is 1. The van der Waals surface area contributed by atoms with Gasteiger partial charge in [-0.3, -0.25) is 0 Å². The summed E-state index contributed by atoms with van der Waals surface area (Å²) in [5, 5.41) is 0. The molecule has 1 saturated carbocycles. The SMILES string of the molecule is CC/C(OC)=C(\N)C1CC1. The van der Waals surface area contributed by atoms with Crippen LogP contribution in [0, 0.1) is 5.92 Å². The topological polar surface area (TPSA) is 35.2 Å². The van der Waals surface area contributed by atoms with Gasteiger partial charge in [-0.05, 0) is 12.8 Å². The number of rotatable bonds is 3. The molecule has 0 saturated heterocycles. The smallest absolute Gasteiger partial charge is 0.114 e. The molecule has 0 aromatic rings. The summed E-state index contributed by atoms with van der Waals surface area (Å²) in [4.78, 5) is 0. The quantitative estimate of drug-likeness (QED) is 0.606. The highest BCUT2D eigenvalue weighted by Crippen LogP contribution is 2.35. The molecular weight excluding hydrogens is 126 g/mol. The average Bonchev–Trinajstić information content (AvgIpc) is 2.71. The first-order chi connectivity index (χ1) is 4.79. The molecule has 2 heteroatoms.